The quantitative estimate of drug-likeness (QED) is 0.747. The third-order valence-corrected chi connectivity index (χ3v) is 1.81. The molecule has 2 nitrogen and oxygen atoms in total. The van der Waals surface area contributed by atoms with Crippen LogP contribution in [-0.2, 0) is 0 Å². The van der Waals surface area contributed by atoms with Crippen molar-refractivity contribution < 1.29 is 9.50 Å². The monoisotopic (exact) mass is 178 g/mol. The Labute approximate surface area is 76.2 Å². The van der Waals surface area contributed by atoms with Gasteiger partial charge >= 0.3 is 0 Å². The molecule has 0 spiro atoms. The molecule has 0 fully saturated rings. The lowest BCUT2D eigenvalue weighted by Crippen LogP contribution is -2.00. The van der Waals surface area contributed by atoms with E-state index < -0.39 is 5.82 Å². The van der Waals surface area contributed by atoms with Crippen LogP contribution in [-0.4, -0.2) is 11.7 Å². The predicted octanol–water partition coefficient (Wildman–Crippen LogP) is 1.61. The number of nitrogens with zero attached hydrogens (tertiary/aromatic N) is 1. The number of nitriles is 1. The molecule has 67 valence electrons. The molecular formula is C10H9FNO. The van der Waals surface area contributed by atoms with Gasteiger partial charge in [-0.25, -0.2) is 4.39 Å². The molecule has 1 aromatic carbocycles. The summed E-state index contributed by atoms with van der Waals surface area (Å²) in [5.41, 5.74) is 0.605. The van der Waals surface area contributed by atoms with E-state index in [1.165, 1.54) is 12.1 Å². The van der Waals surface area contributed by atoms with E-state index in [9.17, 15) is 4.39 Å². The van der Waals surface area contributed by atoms with Gasteiger partial charge in [-0.15, -0.1) is 0 Å². The van der Waals surface area contributed by atoms with Gasteiger partial charge in [0, 0.05) is 12.5 Å². The van der Waals surface area contributed by atoms with Gasteiger partial charge < -0.3 is 5.11 Å². The molecule has 1 unspecified atom stereocenters. The third-order valence-electron chi connectivity index (χ3n) is 1.81. The Bertz CT molecular complexity index is 343. The Balaban J connectivity index is 3.04. The zero-order chi connectivity index (χ0) is 9.84. The molecule has 0 aromatic heterocycles. The first-order valence-corrected chi connectivity index (χ1v) is 3.82. The van der Waals surface area contributed by atoms with Crippen molar-refractivity contribution in [1.29, 1.82) is 5.26 Å². The molecule has 0 saturated heterocycles. The van der Waals surface area contributed by atoms with E-state index >= 15 is 0 Å². The Morgan fingerprint density at radius 2 is 2.31 bits per heavy atom. The maximum absolute atomic E-state index is 13.0. The van der Waals surface area contributed by atoms with Crippen LogP contribution in [0.15, 0.2) is 18.2 Å². The molecule has 0 amide bonds. The molecule has 0 aliphatic carbocycles. The van der Waals surface area contributed by atoms with Crippen LogP contribution in [0.5, 0.6) is 0 Å². The molecule has 0 saturated carbocycles. The molecule has 1 atom stereocenters. The van der Waals surface area contributed by atoms with Crippen LogP contribution in [0.2, 0.25) is 0 Å². The Kier molecular flexibility index (Phi) is 2.99. The van der Waals surface area contributed by atoms with Crippen molar-refractivity contribution in [2.75, 3.05) is 6.61 Å². The lowest BCUT2D eigenvalue weighted by Gasteiger charge is -2.07. The van der Waals surface area contributed by atoms with E-state index in [2.05, 4.69) is 6.92 Å². The van der Waals surface area contributed by atoms with Gasteiger partial charge in [-0.3, -0.25) is 0 Å². The number of aliphatic hydroxyl groups excluding tert-OH is 1. The van der Waals surface area contributed by atoms with Crippen molar-refractivity contribution in [2.45, 2.75) is 5.92 Å². The Morgan fingerprint density at radius 1 is 1.62 bits per heavy atom. The third kappa shape index (κ3) is 2.04. The van der Waals surface area contributed by atoms with E-state index in [0.717, 1.165) is 0 Å². The van der Waals surface area contributed by atoms with Crippen LogP contribution in [0.3, 0.4) is 0 Å². The van der Waals surface area contributed by atoms with Crippen molar-refractivity contribution in [3.8, 4) is 6.07 Å². The fraction of sp³-hybridized carbons (Fsp3) is 0.200. The second-order valence-electron chi connectivity index (χ2n) is 2.73. The second kappa shape index (κ2) is 4.01. The summed E-state index contributed by atoms with van der Waals surface area (Å²) in [6, 6.07) is 5.93. The number of halogens is 1. The molecule has 1 aromatic rings. The highest BCUT2D eigenvalue weighted by atomic mass is 19.1. The first-order valence-electron chi connectivity index (χ1n) is 3.82. The summed E-state index contributed by atoms with van der Waals surface area (Å²) in [5, 5.41) is 17.2. The fourth-order valence-corrected chi connectivity index (χ4v) is 0.981. The zero-order valence-electron chi connectivity index (χ0n) is 7.00. The van der Waals surface area contributed by atoms with Crippen LogP contribution in [0.25, 0.3) is 0 Å². The van der Waals surface area contributed by atoms with Crippen LogP contribution in [0.1, 0.15) is 17.0 Å². The second-order valence-corrected chi connectivity index (χ2v) is 2.73. The summed E-state index contributed by atoms with van der Waals surface area (Å²) in [6.07, 6.45) is 0. The van der Waals surface area contributed by atoms with E-state index in [0.29, 0.717) is 5.56 Å². The highest BCUT2D eigenvalue weighted by Gasteiger charge is 2.07. The maximum atomic E-state index is 13.0. The van der Waals surface area contributed by atoms with Crippen molar-refractivity contribution in [3.63, 3.8) is 0 Å². The van der Waals surface area contributed by atoms with E-state index in [1.54, 1.807) is 12.1 Å². The van der Waals surface area contributed by atoms with E-state index in [4.69, 9.17) is 10.4 Å². The summed E-state index contributed by atoms with van der Waals surface area (Å²) in [4.78, 5) is 0. The Morgan fingerprint density at radius 3 is 2.77 bits per heavy atom. The molecule has 1 radical (unpaired) electrons. The van der Waals surface area contributed by atoms with Gasteiger partial charge in [0.1, 0.15) is 11.9 Å². The summed E-state index contributed by atoms with van der Waals surface area (Å²) in [5.74, 6) is -0.913. The smallest absolute Gasteiger partial charge is 0.141 e. The zero-order valence-corrected chi connectivity index (χ0v) is 7.00. The standard InChI is InChI=1S/C10H9FNO/c1-7(6-13)8-2-3-9(5-12)10(11)4-8/h2-4,7,13H,1,6H2. The van der Waals surface area contributed by atoms with Gasteiger partial charge in [0.15, 0.2) is 0 Å². The summed E-state index contributed by atoms with van der Waals surface area (Å²) in [6.45, 7) is 3.49. The number of aliphatic hydroxyl groups is 1. The SMILES string of the molecule is [CH2]C(CO)c1ccc(C#N)c(F)c1. The number of hydrogen-bond donors (Lipinski definition) is 1. The van der Waals surface area contributed by atoms with Crippen LogP contribution in [0, 0.1) is 24.1 Å². The predicted molar refractivity (Wildman–Crippen MR) is 46.3 cm³/mol. The minimum atomic E-state index is -0.567. The maximum Gasteiger partial charge on any atom is 0.141 e. The van der Waals surface area contributed by atoms with E-state index in [-0.39, 0.29) is 18.1 Å². The van der Waals surface area contributed by atoms with Gasteiger partial charge in [-0.1, -0.05) is 6.07 Å². The minimum Gasteiger partial charge on any atom is -0.396 e. The van der Waals surface area contributed by atoms with Gasteiger partial charge in [0.05, 0.1) is 5.56 Å². The first kappa shape index (κ1) is 9.69. The fourth-order valence-electron chi connectivity index (χ4n) is 0.981. The van der Waals surface area contributed by atoms with Crippen LogP contribution < -0.4 is 0 Å². The molecule has 1 rings (SSSR count). The van der Waals surface area contributed by atoms with Crippen molar-refractivity contribution >= 4 is 0 Å². The number of benzene rings is 1. The average Bonchev–Trinajstić information content (AvgIpc) is 2.16. The van der Waals surface area contributed by atoms with Crippen molar-refractivity contribution in [1.82, 2.24) is 0 Å². The molecule has 0 aliphatic rings. The molecule has 0 heterocycles. The minimum absolute atomic E-state index is 0.00823. The van der Waals surface area contributed by atoms with Crippen molar-refractivity contribution in [2.24, 2.45) is 0 Å². The molecule has 0 aliphatic heterocycles. The summed E-state index contributed by atoms with van der Waals surface area (Å²) in [7, 11) is 0. The van der Waals surface area contributed by atoms with Gasteiger partial charge in [0.25, 0.3) is 0 Å². The highest BCUT2D eigenvalue weighted by Crippen LogP contribution is 2.17. The molecular weight excluding hydrogens is 169 g/mol. The average molecular weight is 178 g/mol. The lowest BCUT2D eigenvalue weighted by atomic mass is 10.0. The normalized spacial score (nSPS) is 12.2. The lowest BCUT2D eigenvalue weighted by molar-refractivity contribution is 0.282. The van der Waals surface area contributed by atoms with Crippen molar-refractivity contribution in [3.05, 3.63) is 42.1 Å². The van der Waals surface area contributed by atoms with Gasteiger partial charge in [-0.2, -0.15) is 5.26 Å². The topological polar surface area (TPSA) is 44.0 Å². The largest absolute Gasteiger partial charge is 0.396 e. The molecule has 0 bridgehead atoms. The molecule has 1 N–H and O–H groups in total. The van der Waals surface area contributed by atoms with E-state index in [1.807, 2.05) is 0 Å². The van der Waals surface area contributed by atoms with Gasteiger partial charge in [0.2, 0.25) is 0 Å². The van der Waals surface area contributed by atoms with Gasteiger partial charge in [-0.05, 0) is 24.6 Å². The molecule has 13 heavy (non-hydrogen) atoms. The summed E-state index contributed by atoms with van der Waals surface area (Å²) < 4.78 is 13.0. The first-order chi connectivity index (χ1) is 6.19. The van der Waals surface area contributed by atoms with Crippen LogP contribution in [0.4, 0.5) is 4.39 Å². The number of hydrogen-bond acceptors (Lipinski definition) is 2. The Hall–Kier alpha value is -1.40. The molecule has 3 heteroatoms. The highest BCUT2D eigenvalue weighted by molar-refractivity contribution is 5.35. The summed E-state index contributed by atoms with van der Waals surface area (Å²) >= 11 is 0. The number of rotatable bonds is 2. The van der Waals surface area contributed by atoms with Crippen LogP contribution >= 0.6 is 0 Å².